The van der Waals surface area contributed by atoms with Gasteiger partial charge in [0.05, 0.1) is 11.2 Å². The summed E-state index contributed by atoms with van der Waals surface area (Å²) in [7, 11) is -3.79. The Labute approximate surface area is 116 Å². The van der Waals surface area contributed by atoms with Gasteiger partial charge in [-0.05, 0) is 36.4 Å². The van der Waals surface area contributed by atoms with E-state index in [2.05, 4.69) is 5.32 Å². The van der Waals surface area contributed by atoms with Gasteiger partial charge in [0.2, 0.25) is 15.9 Å². The van der Waals surface area contributed by atoms with E-state index in [4.69, 9.17) is 9.56 Å². The van der Waals surface area contributed by atoms with Crippen LogP contribution in [0.3, 0.4) is 0 Å². The smallest absolute Gasteiger partial charge is 0.248 e. The molecule has 0 unspecified atom stereocenters. The maximum absolute atomic E-state index is 11.6. The van der Waals surface area contributed by atoms with Gasteiger partial charge in [0, 0.05) is 11.8 Å². The number of nitrogens with two attached hydrogens (primary N) is 1. The van der Waals surface area contributed by atoms with E-state index in [0.29, 0.717) is 11.4 Å². The van der Waals surface area contributed by atoms with Crippen LogP contribution in [0, 0.1) is 0 Å². The molecule has 1 heterocycles. The fourth-order valence-corrected chi connectivity index (χ4v) is 2.04. The highest BCUT2D eigenvalue weighted by molar-refractivity contribution is 7.89. The Hall–Kier alpha value is -2.38. The van der Waals surface area contributed by atoms with Gasteiger partial charge in [-0.3, -0.25) is 4.79 Å². The molecule has 20 heavy (non-hydrogen) atoms. The third-order valence-corrected chi connectivity index (χ3v) is 3.28. The summed E-state index contributed by atoms with van der Waals surface area (Å²) in [6, 6.07) is 9.09. The summed E-state index contributed by atoms with van der Waals surface area (Å²) in [6.07, 6.45) is 4.27. The van der Waals surface area contributed by atoms with Gasteiger partial charge in [-0.1, -0.05) is 6.07 Å². The van der Waals surface area contributed by atoms with Gasteiger partial charge in [0.1, 0.15) is 5.76 Å². The van der Waals surface area contributed by atoms with Crippen molar-refractivity contribution in [2.45, 2.75) is 4.90 Å². The van der Waals surface area contributed by atoms with Crippen LogP contribution in [0.5, 0.6) is 0 Å². The van der Waals surface area contributed by atoms with E-state index < -0.39 is 15.9 Å². The Bertz CT molecular complexity index is 733. The molecule has 0 saturated carbocycles. The largest absolute Gasteiger partial charge is 0.465 e. The fraction of sp³-hybridized carbons (Fsp3) is 0. The monoisotopic (exact) mass is 292 g/mol. The van der Waals surface area contributed by atoms with E-state index in [9.17, 15) is 13.2 Å². The molecule has 1 aromatic heterocycles. The second-order valence-electron chi connectivity index (χ2n) is 3.91. The molecule has 2 rings (SSSR count). The molecule has 3 N–H and O–H groups in total. The van der Waals surface area contributed by atoms with Crippen molar-refractivity contribution in [3.63, 3.8) is 0 Å². The van der Waals surface area contributed by atoms with Crippen molar-refractivity contribution in [3.8, 4) is 0 Å². The van der Waals surface area contributed by atoms with Crippen molar-refractivity contribution in [1.29, 1.82) is 0 Å². The lowest BCUT2D eigenvalue weighted by molar-refractivity contribution is -0.111. The number of carbonyl (C=O) groups excluding carboxylic acids is 1. The minimum absolute atomic E-state index is 0.0645. The van der Waals surface area contributed by atoms with Crippen LogP contribution in [0.1, 0.15) is 5.76 Å². The number of amides is 1. The van der Waals surface area contributed by atoms with E-state index >= 15 is 0 Å². The number of nitrogens with one attached hydrogen (secondary N) is 1. The number of furan rings is 1. The average molecular weight is 292 g/mol. The van der Waals surface area contributed by atoms with Crippen LogP contribution >= 0.6 is 0 Å². The first-order valence-corrected chi connectivity index (χ1v) is 7.15. The Kier molecular flexibility index (Phi) is 4.02. The highest BCUT2D eigenvalue weighted by Crippen LogP contribution is 2.14. The first-order chi connectivity index (χ1) is 9.45. The highest BCUT2D eigenvalue weighted by Gasteiger charge is 2.08. The molecule has 1 amide bonds. The minimum atomic E-state index is -3.79. The zero-order chi connectivity index (χ0) is 14.6. The molecule has 0 aliphatic heterocycles. The molecule has 0 atom stereocenters. The fourth-order valence-electron chi connectivity index (χ4n) is 1.48. The maximum atomic E-state index is 11.6. The number of primary sulfonamides is 1. The van der Waals surface area contributed by atoms with Gasteiger partial charge < -0.3 is 9.73 Å². The Balaban J connectivity index is 2.08. The van der Waals surface area contributed by atoms with Gasteiger partial charge in [-0.15, -0.1) is 0 Å². The topological polar surface area (TPSA) is 102 Å². The molecular formula is C13H12N2O4S. The number of carbonyl (C=O) groups is 1. The highest BCUT2D eigenvalue weighted by atomic mass is 32.2. The zero-order valence-electron chi connectivity index (χ0n) is 10.3. The van der Waals surface area contributed by atoms with E-state index in [0.717, 1.165) is 0 Å². The van der Waals surface area contributed by atoms with Crippen molar-refractivity contribution >= 4 is 27.7 Å². The lowest BCUT2D eigenvalue weighted by atomic mass is 10.3. The third kappa shape index (κ3) is 3.81. The molecule has 0 saturated heterocycles. The Morgan fingerprint density at radius 3 is 2.70 bits per heavy atom. The van der Waals surface area contributed by atoms with Gasteiger partial charge in [0.15, 0.2) is 0 Å². The van der Waals surface area contributed by atoms with Crippen molar-refractivity contribution in [3.05, 3.63) is 54.5 Å². The van der Waals surface area contributed by atoms with Crippen molar-refractivity contribution < 1.29 is 17.6 Å². The van der Waals surface area contributed by atoms with Crippen LogP contribution in [0.2, 0.25) is 0 Å². The summed E-state index contributed by atoms with van der Waals surface area (Å²) in [5, 5.41) is 7.54. The molecule has 0 bridgehead atoms. The molecule has 1 aromatic carbocycles. The molecule has 7 heteroatoms. The standard InChI is InChI=1S/C13H12N2O4S/c14-20(17,18)12-5-1-3-10(9-12)15-13(16)7-6-11-4-2-8-19-11/h1-9H,(H,15,16)(H2,14,17,18). The lowest BCUT2D eigenvalue weighted by Gasteiger charge is -2.04. The molecule has 0 aliphatic carbocycles. The first kappa shape index (κ1) is 14.0. The van der Waals surface area contributed by atoms with E-state index in [-0.39, 0.29) is 4.90 Å². The number of anilines is 1. The number of sulfonamides is 1. The Morgan fingerprint density at radius 2 is 2.05 bits per heavy atom. The molecule has 0 aliphatic rings. The Morgan fingerprint density at radius 1 is 1.25 bits per heavy atom. The lowest BCUT2D eigenvalue weighted by Crippen LogP contribution is -2.13. The van der Waals surface area contributed by atoms with Crippen molar-refractivity contribution in [2.24, 2.45) is 5.14 Å². The van der Waals surface area contributed by atoms with Gasteiger partial charge >= 0.3 is 0 Å². The second kappa shape index (κ2) is 5.72. The molecule has 2 aromatic rings. The van der Waals surface area contributed by atoms with Crippen LogP contribution in [0.4, 0.5) is 5.69 Å². The predicted octanol–water partition coefficient (Wildman–Crippen LogP) is 1.58. The van der Waals surface area contributed by atoms with Gasteiger partial charge in [0.25, 0.3) is 0 Å². The summed E-state index contributed by atoms with van der Waals surface area (Å²) in [6.45, 7) is 0. The van der Waals surface area contributed by atoms with E-state index in [1.54, 1.807) is 18.2 Å². The second-order valence-corrected chi connectivity index (χ2v) is 5.47. The molecule has 0 fully saturated rings. The van der Waals surface area contributed by atoms with Crippen LogP contribution in [0.25, 0.3) is 6.08 Å². The average Bonchev–Trinajstić information content (AvgIpc) is 2.89. The number of hydrogen-bond acceptors (Lipinski definition) is 4. The number of benzene rings is 1. The molecular weight excluding hydrogens is 280 g/mol. The quantitative estimate of drug-likeness (QED) is 0.835. The summed E-state index contributed by atoms with van der Waals surface area (Å²) in [5.74, 6) is 0.131. The van der Waals surface area contributed by atoms with Crippen LogP contribution in [-0.2, 0) is 14.8 Å². The van der Waals surface area contributed by atoms with Crippen molar-refractivity contribution in [2.75, 3.05) is 5.32 Å². The predicted molar refractivity (Wildman–Crippen MR) is 74.2 cm³/mol. The van der Waals surface area contributed by atoms with Gasteiger partial charge in [-0.2, -0.15) is 0 Å². The summed E-state index contributed by atoms with van der Waals surface area (Å²) < 4.78 is 27.4. The first-order valence-electron chi connectivity index (χ1n) is 5.60. The normalized spacial score (nSPS) is 11.7. The summed E-state index contributed by atoms with van der Waals surface area (Å²) >= 11 is 0. The zero-order valence-corrected chi connectivity index (χ0v) is 11.1. The number of rotatable bonds is 4. The van der Waals surface area contributed by atoms with Crippen molar-refractivity contribution in [1.82, 2.24) is 0 Å². The van der Waals surface area contributed by atoms with Gasteiger partial charge in [-0.25, -0.2) is 13.6 Å². The van der Waals surface area contributed by atoms with Crippen LogP contribution in [-0.4, -0.2) is 14.3 Å². The SMILES string of the molecule is NS(=O)(=O)c1cccc(NC(=O)C=Cc2ccco2)c1. The summed E-state index contributed by atoms with van der Waals surface area (Å²) in [4.78, 5) is 11.6. The van der Waals surface area contributed by atoms with E-state index in [1.165, 1.54) is 36.6 Å². The third-order valence-electron chi connectivity index (χ3n) is 2.37. The summed E-state index contributed by atoms with van der Waals surface area (Å²) in [5.41, 5.74) is 0.339. The van der Waals surface area contributed by atoms with E-state index in [1.807, 2.05) is 0 Å². The van der Waals surface area contributed by atoms with Crippen LogP contribution in [0.15, 0.2) is 58.1 Å². The molecule has 0 radical (unpaired) electrons. The minimum Gasteiger partial charge on any atom is -0.465 e. The molecule has 6 nitrogen and oxygen atoms in total. The number of hydrogen-bond donors (Lipinski definition) is 2. The van der Waals surface area contributed by atoms with Crippen LogP contribution < -0.4 is 10.5 Å². The molecule has 0 spiro atoms. The molecule has 104 valence electrons. The maximum Gasteiger partial charge on any atom is 0.248 e.